The Hall–Kier alpha value is -0.630. The minimum absolute atomic E-state index is 0.405. The van der Waals surface area contributed by atoms with Crippen LogP contribution in [-0.2, 0) is 4.57 Å². The molecule has 21 heavy (non-hydrogen) atoms. The Morgan fingerprint density at radius 1 is 0.762 bits per heavy atom. The van der Waals surface area contributed by atoms with Gasteiger partial charge in [-0.15, -0.1) is 4.52 Å². The number of halogens is 3. The maximum Gasteiger partial charge on any atom is 0.421 e. The molecule has 2 rings (SSSR count). The largest absolute Gasteiger partial charge is 0.421 e. The predicted molar refractivity (Wildman–Crippen MR) is 88.7 cm³/mol. The van der Waals surface area contributed by atoms with Gasteiger partial charge in [-0.05, 0) is 46.7 Å². The third kappa shape index (κ3) is 5.94. The van der Waals surface area contributed by atoms with E-state index in [2.05, 4.69) is 4.52 Å². The van der Waals surface area contributed by atoms with Gasteiger partial charge in [0.2, 0.25) is 0 Å². The van der Waals surface area contributed by atoms with Crippen molar-refractivity contribution in [3.8, 4) is 11.5 Å². The average molecular weight is 385 g/mol. The summed E-state index contributed by atoms with van der Waals surface area (Å²) in [5.41, 5.74) is 0. The summed E-state index contributed by atoms with van der Waals surface area (Å²) >= 11 is 17.2. The second-order valence-electron chi connectivity index (χ2n) is 3.78. The van der Waals surface area contributed by atoms with Crippen LogP contribution >= 0.6 is 46.6 Å². The molecule has 0 saturated carbocycles. The minimum Gasteiger partial charge on any atom is -0.419 e. The molecule has 0 saturated heterocycles. The fourth-order valence-electron chi connectivity index (χ4n) is 1.40. The van der Waals surface area contributed by atoms with Crippen LogP contribution in [0.3, 0.4) is 0 Å². The molecule has 0 aliphatic heterocycles. The van der Waals surface area contributed by atoms with Crippen molar-refractivity contribution in [1.82, 2.24) is 0 Å². The number of nitrogens with zero attached hydrogens (tertiary/aromatic N) is 1. The zero-order chi connectivity index (χ0) is 15.3. The molecule has 0 bridgehead atoms. The number of benzene rings is 2. The number of rotatable bonds is 5. The molecule has 0 aliphatic carbocycles. The van der Waals surface area contributed by atoms with Crippen LogP contribution in [0, 0.1) is 0 Å². The topological polar surface area (TPSA) is 47.9 Å². The van der Waals surface area contributed by atoms with Gasteiger partial charge in [-0.3, -0.25) is 4.57 Å². The van der Waals surface area contributed by atoms with Crippen LogP contribution in [0.4, 0.5) is 0 Å². The Balaban J connectivity index is 2.36. The molecule has 0 aromatic heterocycles. The van der Waals surface area contributed by atoms with E-state index >= 15 is 0 Å². The first-order valence-electron chi connectivity index (χ1n) is 5.68. The highest BCUT2D eigenvalue weighted by Crippen LogP contribution is 2.70. The first-order valence-corrected chi connectivity index (χ1v) is 11.6. The standard InChI is InChI=1S/C12H10Cl3NO3P2/c13-20(14,17)16-21(15,18-11-7-3-1-4-8-11)19-12-9-5-2-6-10-12/h1-10H. The van der Waals surface area contributed by atoms with Crippen LogP contribution in [0.5, 0.6) is 11.5 Å². The average Bonchev–Trinajstić information content (AvgIpc) is 2.38. The molecule has 0 N–H and O–H groups in total. The third-order valence-electron chi connectivity index (χ3n) is 2.13. The molecule has 4 nitrogen and oxygen atoms in total. The fraction of sp³-hybridized carbons (Fsp3) is 0. The van der Waals surface area contributed by atoms with E-state index in [0.717, 1.165) is 0 Å². The minimum atomic E-state index is -3.82. The van der Waals surface area contributed by atoms with E-state index in [1.54, 1.807) is 48.5 Å². The monoisotopic (exact) mass is 383 g/mol. The Labute approximate surface area is 137 Å². The van der Waals surface area contributed by atoms with E-state index in [1.807, 2.05) is 12.1 Å². The van der Waals surface area contributed by atoms with Gasteiger partial charge in [-0.25, -0.2) is 0 Å². The van der Waals surface area contributed by atoms with Crippen molar-refractivity contribution < 1.29 is 13.6 Å². The van der Waals surface area contributed by atoms with Gasteiger partial charge in [0.1, 0.15) is 11.5 Å². The molecule has 112 valence electrons. The molecule has 0 radical (unpaired) electrons. The van der Waals surface area contributed by atoms with Crippen LogP contribution in [0.1, 0.15) is 0 Å². The number of hydrogen-bond acceptors (Lipinski definition) is 3. The van der Waals surface area contributed by atoms with Crippen molar-refractivity contribution in [3.63, 3.8) is 0 Å². The van der Waals surface area contributed by atoms with Crippen molar-refractivity contribution in [1.29, 1.82) is 0 Å². The van der Waals surface area contributed by atoms with Gasteiger partial charge in [0.25, 0.3) is 0 Å². The molecular weight excluding hydrogens is 374 g/mol. The molecule has 9 heteroatoms. The van der Waals surface area contributed by atoms with E-state index in [-0.39, 0.29) is 0 Å². The maximum atomic E-state index is 11.6. The zero-order valence-electron chi connectivity index (χ0n) is 10.5. The maximum absolute atomic E-state index is 11.6. The van der Waals surface area contributed by atoms with Gasteiger partial charge >= 0.3 is 12.9 Å². The van der Waals surface area contributed by atoms with E-state index in [4.69, 9.17) is 42.8 Å². The molecule has 0 unspecified atom stereocenters. The Bertz CT molecular complexity index is 646. The third-order valence-corrected chi connectivity index (χ3v) is 6.93. The van der Waals surface area contributed by atoms with Crippen LogP contribution < -0.4 is 9.05 Å². The summed E-state index contributed by atoms with van der Waals surface area (Å²) in [6, 6.07) is 17.3. The lowest BCUT2D eigenvalue weighted by Crippen LogP contribution is -1.95. The first kappa shape index (κ1) is 16.7. The molecule has 2 aromatic rings. The molecular formula is C12H10Cl3NO3P2. The molecule has 0 aliphatic rings. The smallest absolute Gasteiger partial charge is 0.419 e. The summed E-state index contributed by atoms with van der Waals surface area (Å²) in [6.07, 6.45) is 0. The van der Waals surface area contributed by atoms with Crippen molar-refractivity contribution >= 4 is 46.6 Å². The van der Waals surface area contributed by atoms with Gasteiger partial charge in [-0.1, -0.05) is 36.4 Å². The number of para-hydroxylation sites is 2. The summed E-state index contributed by atoms with van der Waals surface area (Å²) in [7, 11) is 0. The van der Waals surface area contributed by atoms with Crippen LogP contribution in [0.25, 0.3) is 0 Å². The lowest BCUT2D eigenvalue weighted by atomic mass is 10.3. The summed E-state index contributed by atoms with van der Waals surface area (Å²) < 4.78 is 26.3. The second-order valence-corrected chi connectivity index (χ2v) is 11.2. The SMILES string of the molecule is O=P(Cl)(Cl)N=P(Cl)(Oc1ccccc1)Oc1ccccc1. The van der Waals surface area contributed by atoms with Gasteiger partial charge in [0.05, 0.1) is 0 Å². The molecule has 0 heterocycles. The highest BCUT2D eigenvalue weighted by atomic mass is 35.9. The van der Waals surface area contributed by atoms with Crippen molar-refractivity contribution in [2.24, 2.45) is 4.52 Å². The van der Waals surface area contributed by atoms with E-state index < -0.39 is 12.9 Å². The van der Waals surface area contributed by atoms with Crippen LogP contribution in [-0.4, -0.2) is 0 Å². The van der Waals surface area contributed by atoms with Gasteiger partial charge in [0, 0.05) is 11.2 Å². The van der Waals surface area contributed by atoms with E-state index in [1.165, 1.54) is 0 Å². The highest BCUT2D eigenvalue weighted by Gasteiger charge is 2.28. The lowest BCUT2D eigenvalue weighted by Gasteiger charge is -2.19. The van der Waals surface area contributed by atoms with Gasteiger partial charge in [0.15, 0.2) is 0 Å². The quantitative estimate of drug-likeness (QED) is 0.526. The summed E-state index contributed by atoms with van der Waals surface area (Å²) in [5.74, 6) is -3.01. The first-order chi connectivity index (χ1) is 9.86. The zero-order valence-corrected chi connectivity index (χ0v) is 14.5. The summed E-state index contributed by atoms with van der Waals surface area (Å²) in [6.45, 7) is -3.46. The fourth-order valence-corrected chi connectivity index (χ4v) is 7.05. The van der Waals surface area contributed by atoms with Crippen molar-refractivity contribution in [2.75, 3.05) is 0 Å². The summed E-state index contributed by atoms with van der Waals surface area (Å²) in [4.78, 5) is 0. The van der Waals surface area contributed by atoms with E-state index in [9.17, 15) is 4.57 Å². The van der Waals surface area contributed by atoms with E-state index in [0.29, 0.717) is 11.5 Å². The highest BCUT2D eigenvalue weighted by molar-refractivity contribution is 8.10. The molecule has 0 atom stereocenters. The van der Waals surface area contributed by atoms with Crippen LogP contribution in [0.15, 0.2) is 65.2 Å². The molecule has 2 aromatic carbocycles. The predicted octanol–water partition coefficient (Wildman–Crippen LogP) is 6.92. The normalized spacial score (nSPS) is 11.8. The molecule has 0 spiro atoms. The van der Waals surface area contributed by atoms with Gasteiger partial charge < -0.3 is 9.05 Å². The Kier molecular flexibility index (Phi) is 5.65. The Morgan fingerprint density at radius 3 is 1.48 bits per heavy atom. The molecule has 0 fully saturated rings. The van der Waals surface area contributed by atoms with Crippen molar-refractivity contribution in [3.05, 3.63) is 60.7 Å². The van der Waals surface area contributed by atoms with Crippen LogP contribution in [0.2, 0.25) is 0 Å². The van der Waals surface area contributed by atoms with Gasteiger partial charge in [-0.2, -0.15) is 0 Å². The second kappa shape index (κ2) is 7.09. The van der Waals surface area contributed by atoms with Crippen molar-refractivity contribution in [2.45, 2.75) is 0 Å². The lowest BCUT2D eigenvalue weighted by molar-refractivity contribution is 0.495. The number of hydrogen-bond donors (Lipinski definition) is 0. The molecule has 0 amide bonds. The Morgan fingerprint density at radius 2 is 1.14 bits per heavy atom. The summed E-state index contributed by atoms with van der Waals surface area (Å²) in [5, 5.41) is 0.